The van der Waals surface area contributed by atoms with E-state index in [-0.39, 0.29) is 31.4 Å². The van der Waals surface area contributed by atoms with Gasteiger partial charge < -0.3 is 19.3 Å². The van der Waals surface area contributed by atoms with Crippen LogP contribution in [-0.4, -0.2) is 81.4 Å². The third-order valence-electron chi connectivity index (χ3n) is 5.79. The van der Waals surface area contributed by atoms with E-state index in [0.29, 0.717) is 25.4 Å². The summed E-state index contributed by atoms with van der Waals surface area (Å²) < 4.78 is 13.7. The SMILES string of the molecule is O=C(CC1(COc2ccccc2)CN(C(=O)Cn2cncn2)CCO1)N1CCCCC1. The second kappa shape index (κ2) is 9.91. The molecule has 1 aromatic carbocycles. The second-order valence-electron chi connectivity index (χ2n) is 8.16. The molecule has 0 spiro atoms. The number of amides is 2. The van der Waals surface area contributed by atoms with Crippen LogP contribution in [0.2, 0.25) is 0 Å². The highest BCUT2D eigenvalue weighted by Gasteiger charge is 2.42. The zero-order valence-electron chi connectivity index (χ0n) is 17.7. The molecule has 2 fully saturated rings. The quantitative estimate of drug-likeness (QED) is 0.663. The van der Waals surface area contributed by atoms with Gasteiger partial charge in [-0.3, -0.25) is 9.59 Å². The molecule has 2 saturated heterocycles. The molecule has 0 bridgehead atoms. The summed E-state index contributed by atoms with van der Waals surface area (Å²) in [6.45, 7) is 2.99. The number of ether oxygens (including phenoxy) is 2. The van der Waals surface area contributed by atoms with Crippen LogP contribution in [0, 0.1) is 0 Å². The number of carbonyl (C=O) groups is 2. The van der Waals surface area contributed by atoms with E-state index < -0.39 is 5.60 Å². The maximum absolute atomic E-state index is 13.1. The van der Waals surface area contributed by atoms with E-state index >= 15 is 0 Å². The molecule has 0 N–H and O–H groups in total. The molecular formula is C22H29N5O4. The molecule has 2 aromatic rings. The van der Waals surface area contributed by atoms with Crippen molar-refractivity contribution in [2.24, 2.45) is 0 Å². The van der Waals surface area contributed by atoms with Gasteiger partial charge in [-0.15, -0.1) is 0 Å². The molecule has 2 amide bonds. The van der Waals surface area contributed by atoms with Crippen LogP contribution < -0.4 is 4.74 Å². The monoisotopic (exact) mass is 427 g/mol. The first kappa shape index (κ1) is 21.3. The van der Waals surface area contributed by atoms with Crippen LogP contribution in [0.5, 0.6) is 5.75 Å². The van der Waals surface area contributed by atoms with Crippen molar-refractivity contribution in [2.45, 2.75) is 37.8 Å². The first-order valence-corrected chi connectivity index (χ1v) is 10.8. The fourth-order valence-electron chi connectivity index (χ4n) is 4.12. The highest BCUT2D eigenvalue weighted by molar-refractivity contribution is 5.78. The van der Waals surface area contributed by atoms with E-state index in [1.165, 1.54) is 17.3 Å². The molecule has 0 radical (unpaired) electrons. The number of benzene rings is 1. The Morgan fingerprint density at radius 1 is 1.03 bits per heavy atom. The summed E-state index contributed by atoms with van der Waals surface area (Å²) in [4.78, 5) is 33.5. The van der Waals surface area contributed by atoms with Crippen LogP contribution in [-0.2, 0) is 20.9 Å². The number of hydrogen-bond acceptors (Lipinski definition) is 6. The maximum Gasteiger partial charge on any atom is 0.244 e. The zero-order valence-corrected chi connectivity index (χ0v) is 17.7. The van der Waals surface area contributed by atoms with Gasteiger partial charge in [0.2, 0.25) is 11.8 Å². The first-order chi connectivity index (χ1) is 15.1. The van der Waals surface area contributed by atoms with Gasteiger partial charge in [-0.25, -0.2) is 9.67 Å². The van der Waals surface area contributed by atoms with Gasteiger partial charge in [-0.05, 0) is 31.4 Å². The third-order valence-corrected chi connectivity index (χ3v) is 5.79. The minimum atomic E-state index is -0.888. The van der Waals surface area contributed by atoms with Crippen molar-refractivity contribution < 1.29 is 19.1 Å². The number of rotatable bonds is 7. The van der Waals surface area contributed by atoms with Crippen LogP contribution in [0.15, 0.2) is 43.0 Å². The van der Waals surface area contributed by atoms with Crippen molar-refractivity contribution in [3.63, 3.8) is 0 Å². The van der Waals surface area contributed by atoms with Gasteiger partial charge in [-0.2, -0.15) is 5.10 Å². The average molecular weight is 428 g/mol. The summed E-state index contributed by atoms with van der Waals surface area (Å²) in [5.74, 6) is 0.687. The van der Waals surface area contributed by atoms with Gasteiger partial charge in [0, 0.05) is 19.6 Å². The fraction of sp³-hybridized carbons (Fsp3) is 0.545. The molecule has 1 unspecified atom stereocenters. The van der Waals surface area contributed by atoms with Gasteiger partial charge >= 0.3 is 0 Å². The molecule has 1 aromatic heterocycles. The molecule has 2 aliphatic rings. The number of morpholine rings is 1. The molecule has 1 atom stereocenters. The van der Waals surface area contributed by atoms with E-state index in [1.807, 2.05) is 35.2 Å². The second-order valence-corrected chi connectivity index (χ2v) is 8.16. The van der Waals surface area contributed by atoms with Crippen molar-refractivity contribution in [2.75, 3.05) is 39.4 Å². The Bertz CT molecular complexity index is 854. The lowest BCUT2D eigenvalue weighted by atomic mass is 9.96. The van der Waals surface area contributed by atoms with Crippen LogP contribution in [0.3, 0.4) is 0 Å². The summed E-state index contributed by atoms with van der Waals surface area (Å²) in [6, 6.07) is 9.46. The van der Waals surface area contributed by atoms with E-state index in [9.17, 15) is 9.59 Å². The lowest BCUT2D eigenvalue weighted by Gasteiger charge is -2.43. The summed E-state index contributed by atoms with van der Waals surface area (Å²) in [7, 11) is 0. The topological polar surface area (TPSA) is 89.8 Å². The molecule has 3 heterocycles. The highest BCUT2D eigenvalue weighted by atomic mass is 16.5. The number of aromatic nitrogens is 3. The molecule has 9 heteroatoms. The van der Waals surface area contributed by atoms with E-state index in [0.717, 1.165) is 32.4 Å². The maximum atomic E-state index is 13.1. The van der Waals surface area contributed by atoms with Crippen LogP contribution >= 0.6 is 0 Å². The van der Waals surface area contributed by atoms with Crippen molar-refractivity contribution >= 4 is 11.8 Å². The normalized spacial score (nSPS) is 21.7. The smallest absolute Gasteiger partial charge is 0.244 e. The summed E-state index contributed by atoms with van der Waals surface area (Å²) >= 11 is 0. The van der Waals surface area contributed by atoms with Crippen LogP contribution in [0.1, 0.15) is 25.7 Å². The van der Waals surface area contributed by atoms with Gasteiger partial charge in [0.05, 0.1) is 19.6 Å². The number of piperidine rings is 1. The third kappa shape index (κ3) is 5.61. The van der Waals surface area contributed by atoms with E-state index in [4.69, 9.17) is 9.47 Å². The molecule has 0 aliphatic carbocycles. The molecule has 4 rings (SSSR count). The van der Waals surface area contributed by atoms with Crippen LogP contribution in [0.25, 0.3) is 0 Å². The van der Waals surface area contributed by atoms with E-state index in [2.05, 4.69) is 10.1 Å². The molecule has 2 aliphatic heterocycles. The Morgan fingerprint density at radius 3 is 2.58 bits per heavy atom. The molecular weight excluding hydrogens is 398 g/mol. The summed E-state index contributed by atoms with van der Waals surface area (Å²) in [5.41, 5.74) is -0.888. The minimum absolute atomic E-state index is 0.0573. The van der Waals surface area contributed by atoms with Crippen molar-refractivity contribution in [1.82, 2.24) is 24.6 Å². The Kier molecular flexibility index (Phi) is 6.81. The predicted octanol–water partition coefficient (Wildman–Crippen LogP) is 1.36. The summed E-state index contributed by atoms with van der Waals surface area (Å²) in [5, 5.41) is 4.01. The standard InChI is InChI=1S/C22H29N5O4/c28-20(25-9-5-2-6-10-25)13-22(16-30-19-7-3-1-4-8-19)15-26(11-12-31-22)21(29)14-27-18-23-17-24-27/h1,3-4,7-8,17-18H,2,5-6,9-16H2. The molecule has 9 nitrogen and oxygen atoms in total. The Labute approximate surface area is 181 Å². The predicted molar refractivity (Wildman–Crippen MR) is 112 cm³/mol. The summed E-state index contributed by atoms with van der Waals surface area (Å²) in [6.07, 6.45) is 6.33. The van der Waals surface area contributed by atoms with Gasteiger partial charge in [0.1, 0.15) is 37.2 Å². The van der Waals surface area contributed by atoms with Gasteiger partial charge in [-0.1, -0.05) is 18.2 Å². The number of hydrogen-bond donors (Lipinski definition) is 0. The van der Waals surface area contributed by atoms with E-state index in [1.54, 1.807) is 4.90 Å². The Morgan fingerprint density at radius 2 is 1.84 bits per heavy atom. The highest BCUT2D eigenvalue weighted by Crippen LogP contribution is 2.26. The molecule has 0 saturated carbocycles. The van der Waals surface area contributed by atoms with Crippen molar-refractivity contribution in [1.29, 1.82) is 0 Å². The molecule has 31 heavy (non-hydrogen) atoms. The Balaban J connectivity index is 1.47. The lowest BCUT2D eigenvalue weighted by Crippen LogP contribution is -2.59. The Hall–Kier alpha value is -2.94. The fourth-order valence-corrected chi connectivity index (χ4v) is 4.12. The van der Waals surface area contributed by atoms with Gasteiger partial charge in [0.15, 0.2) is 0 Å². The van der Waals surface area contributed by atoms with Crippen molar-refractivity contribution in [3.05, 3.63) is 43.0 Å². The van der Waals surface area contributed by atoms with Crippen LogP contribution in [0.4, 0.5) is 0 Å². The van der Waals surface area contributed by atoms with Gasteiger partial charge in [0.25, 0.3) is 0 Å². The number of carbonyl (C=O) groups excluding carboxylic acids is 2. The number of para-hydroxylation sites is 1. The number of likely N-dealkylation sites (tertiary alicyclic amines) is 1. The lowest BCUT2D eigenvalue weighted by molar-refractivity contribution is -0.166. The van der Waals surface area contributed by atoms with Crippen molar-refractivity contribution in [3.8, 4) is 5.75 Å². The number of nitrogens with zero attached hydrogens (tertiary/aromatic N) is 5. The largest absolute Gasteiger partial charge is 0.490 e. The minimum Gasteiger partial charge on any atom is -0.490 e. The zero-order chi connectivity index (χ0) is 21.5. The average Bonchev–Trinajstić information content (AvgIpc) is 3.32. The molecule has 166 valence electrons. The first-order valence-electron chi connectivity index (χ1n) is 10.8.